The molecule has 0 radical (unpaired) electrons. The molecule has 0 unspecified atom stereocenters. The zero-order chi connectivity index (χ0) is 20.8. The molecule has 1 aliphatic rings. The number of nitrogens with one attached hydrogen (secondary N) is 3. The van der Waals surface area contributed by atoms with Crippen molar-refractivity contribution >= 4 is 23.7 Å². The molecule has 8 heteroatoms. The monoisotopic (exact) mass is 398 g/mol. The number of rotatable bonds is 8. The van der Waals surface area contributed by atoms with Crippen molar-refractivity contribution in [3.63, 3.8) is 0 Å². The first-order chi connectivity index (χ1) is 14.0. The van der Waals surface area contributed by atoms with Gasteiger partial charge in [0.05, 0.1) is 23.4 Å². The predicted octanol–water partition coefficient (Wildman–Crippen LogP) is 1.96. The van der Waals surface area contributed by atoms with Crippen LogP contribution in [0.3, 0.4) is 0 Å². The molecule has 2 heterocycles. The van der Waals surface area contributed by atoms with Gasteiger partial charge in [-0.15, -0.1) is 0 Å². The number of carbonyl (C=O) groups excluding carboxylic acids is 2. The first-order valence-electron chi connectivity index (χ1n) is 10.0. The van der Waals surface area contributed by atoms with E-state index in [4.69, 9.17) is 0 Å². The first kappa shape index (κ1) is 20.9. The molecular formula is C21H30N6O2. The molecule has 2 amide bonds. The van der Waals surface area contributed by atoms with Crippen molar-refractivity contribution in [2.75, 3.05) is 50.5 Å². The molecule has 0 saturated carbocycles. The van der Waals surface area contributed by atoms with E-state index in [1.165, 1.54) is 5.69 Å². The van der Waals surface area contributed by atoms with Crippen LogP contribution >= 0.6 is 0 Å². The second kappa shape index (κ2) is 9.56. The van der Waals surface area contributed by atoms with E-state index < -0.39 is 0 Å². The van der Waals surface area contributed by atoms with Crippen molar-refractivity contribution in [2.24, 2.45) is 0 Å². The minimum absolute atomic E-state index is 0.138. The Hall–Kier alpha value is -2.87. The fraction of sp³-hybridized carbons (Fsp3) is 0.476. The van der Waals surface area contributed by atoms with Crippen LogP contribution in [0.5, 0.6) is 0 Å². The predicted molar refractivity (Wildman–Crippen MR) is 115 cm³/mol. The largest absolute Gasteiger partial charge is 0.370 e. The van der Waals surface area contributed by atoms with Gasteiger partial charge >= 0.3 is 0 Å². The summed E-state index contributed by atoms with van der Waals surface area (Å²) in [6.07, 6.45) is 4.44. The summed E-state index contributed by atoms with van der Waals surface area (Å²) in [6.45, 7) is 5.14. The molecule has 8 nitrogen and oxygen atoms in total. The number of carbonyl (C=O) groups is 2. The van der Waals surface area contributed by atoms with Gasteiger partial charge in [0.25, 0.3) is 5.91 Å². The highest BCUT2D eigenvalue weighted by Crippen LogP contribution is 2.34. The van der Waals surface area contributed by atoms with Crippen LogP contribution < -0.4 is 15.5 Å². The quantitative estimate of drug-likeness (QED) is 0.591. The second-order valence-corrected chi connectivity index (χ2v) is 7.72. The topological polar surface area (TPSA) is 93.4 Å². The van der Waals surface area contributed by atoms with E-state index in [1.54, 1.807) is 12.4 Å². The van der Waals surface area contributed by atoms with Gasteiger partial charge in [-0.25, -0.2) is 4.98 Å². The normalized spacial score (nSPS) is 14.8. The molecule has 0 spiro atoms. The Morgan fingerprint density at radius 2 is 2.10 bits per heavy atom. The summed E-state index contributed by atoms with van der Waals surface area (Å²) in [7, 11) is 3.92. The Bertz CT molecular complexity index is 839. The molecular weight excluding hydrogens is 368 g/mol. The molecule has 1 saturated heterocycles. The van der Waals surface area contributed by atoms with E-state index in [0.29, 0.717) is 30.1 Å². The van der Waals surface area contributed by atoms with Crippen LogP contribution in [0.25, 0.3) is 0 Å². The van der Waals surface area contributed by atoms with Gasteiger partial charge in [0.1, 0.15) is 0 Å². The molecule has 2 aromatic rings. The first-order valence-corrected chi connectivity index (χ1v) is 10.0. The van der Waals surface area contributed by atoms with Gasteiger partial charge in [-0.05, 0) is 52.1 Å². The number of nitrogens with zero attached hydrogens (tertiary/aromatic N) is 3. The molecule has 1 aromatic carbocycles. The average Bonchev–Trinajstić information content (AvgIpc) is 3.14. The van der Waals surface area contributed by atoms with Gasteiger partial charge in [0.15, 0.2) is 0 Å². The number of aromatic nitrogens is 2. The summed E-state index contributed by atoms with van der Waals surface area (Å²) in [5, 5.41) is 5.67. The van der Waals surface area contributed by atoms with Crippen LogP contribution in [0.1, 0.15) is 40.5 Å². The van der Waals surface area contributed by atoms with Gasteiger partial charge in [-0.2, -0.15) is 0 Å². The van der Waals surface area contributed by atoms with Crippen LogP contribution in [0.15, 0.2) is 24.5 Å². The van der Waals surface area contributed by atoms with Gasteiger partial charge in [-0.1, -0.05) is 0 Å². The number of hydrogen-bond donors (Lipinski definition) is 3. The van der Waals surface area contributed by atoms with Crippen molar-refractivity contribution in [2.45, 2.75) is 25.7 Å². The minimum Gasteiger partial charge on any atom is -0.370 e. The Labute approximate surface area is 171 Å². The summed E-state index contributed by atoms with van der Waals surface area (Å²) in [4.78, 5) is 35.4. The number of aromatic amines is 1. The number of hydrogen-bond acceptors (Lipinski definition) is 5. The minimum atomic E-state index is -0.138. The lowest BCUT2D eigenvalue weighted by molar-refractivity contribution is -0.105. The molecule has 3 rings (SSSR count). The van der Waals surface area contributed by atoms with E-state index in [2.05, 4.69) is 25.5 Å². The lowest BCUT2D eigenvalue weighted by atomic mass is 9.92. The number of likely N-dealkylation sites (N-methyl/N-ethyl adjacent to an activating group) is 1. The highest BCUT2D eigenvalue weighted by atomic mass is 16.1. The molecule has 1 fully saturated rings. The Morgan fingerprint density at radius 1 is 1.34 bits per heavy atom. The number of amides is 2. The zero-order valence-corrected chi connectivity index (χ0v) is 17.4. The summed E-state index contributed by atoms with van der Waals surface area (Å²) in [5.41, 5.74) is 4.44. The lowest BCUT2D eigenvalue weighted by Gasteiger charge is -2.34. The second-order valence-electron chi connectivity index (χ2n) is 7.72. The van der Waals surface area contributed by atoms with Crippen molar-refractivity contribution < 1.29 is 9.59 Å². The van der Waals surface area contributed by atoms with E-state index in [0.717, 1.165) is 43.9 Å². The van der Waals surface area contributed by atoms with E-state index >= 15 is 0 Å². The highest BCUT2D eigenvalue weighted by Gasteiger charge is 2.24. The summed E-state index contributed by atoms with van der Waals surface area (Å²) in [6, 6.07) is 5.50. The van der Waals surface area contributed by atoms with Crippen LogP contribution in [-0.4, -0.2) is 67.5 Å². The van der Waals surface area contributed by atoms with Gasteiger partial charge in [0.2, 0.25) is 6.41 Å². The SMILES string of the molecule is Cc1nc[nH]c1C1CCN(c2ccc(C(=O)NCCN(C)C)cc2NC=O)CC1. The Morgan fingerprint density at radius 3 is 2.72 bits per heavy atom. The van der Waals surface area contributed by atoms with Crippen molar-refractivity contribution in [1.82, 2.24) is 20.2 Å². The van der Waals surface area contributed by atoms with Crippen molar-refractivity contribution in [3.8, 4) is 0 Å². The maximum Gasteiger partial charge on any atom is 0.251 e. The number of benzene rings is 1. The molecule has 29 heavy (non-hydrogen) atoms. The van der Waals surface area contributed by atoms with Crippen LogP contribution in [0.2, 0.25) is 0 Å². The third-order valence-corrected chi connectivity index (χ3v) is 5.43. The molecule has 3 N–H and O–H groups in total. The Balaban J connectivity index is 1.68. The number of H-pyrrole nitrogens is 1. The molecule has 156 valence electrons. The van der Waals surface area contributed by atoms with Crippen LogP contribution in [-0.2, 0) is 4.79 Å². The van der Waals surface area contributed by atoms with Crippen LogP contribution in [0, 0.1) is 6.92 Å². The number of aryl methyl sites for hydroxylation is 1. The fourth-order valence-electron chi connectivity index (χ4n) is 3.82. The zero-order valence-electron chi connectivity index (χ0n) is 17.4. The summed E-state index contributed by atoms with van der Waals surface area (Å²) < 4.78 is 0. The maximum atomic E-state index is 12.4. The lowest BCUT2D eigenvalue weighted by Crippen LogP contribution is -2.34. The van der Waals surface area contributed by atoms with Crippen molar-refractivity contribution in [1.29, 1.82) is 0 Å². The van der Waals surface area contributed by atoms with Gasteiger partial charge in [-0.3, -0.25) is 9.59 Å². The Kier molecular flexibility index (Phi) is 6.87. The number of anilines is 2. The van der Waals surface area contributed by atoms with E-state index in [1.807, 2.05) is 38.1 Å². The number of imidazole rings is 1. The molecule has 0 bridgehead atoms. The maximum absolute atomic E-state index is 12.4. The molecule has 0 atom stereocenters. The van der Waals surface area contributed by atoms with Gasteiger partial charge in [0, 0.05) is 43.4 Å². The number of piperidine rings is 1. The summed E-state index contributed by atoms with van der Waals surface area (Å²) >= 11 is 0. The fourth-order valence-corrected chi connectivity index (χ4v) is 3.82. The van der Waals surface area contributed by atoms with Crippen molar-refractivity contribution in [3.05, 3.63) is 41.5 Å². The van der Waals surface area contributed by atoms with Crippen LogP contribution in [0.4, 0.5) is 11.4 Å². The van der Waals surface area contributed by atoms with Gasteiger partial charge < -0.3 is 25.4 Å². The third-order valence-electron chi connectivity index (χ3n) is 5.43. The third kappa shape index (κ3) is 5.14. The summed E-state index contributed by atoms with van der Waals surface area (Å²) in [5.74, 6) is 0.332. The molecule has 1 aromatic heterocycles. The average molecular weight is 399 g/mol. The van der Waals surface area contributed by atoms with E-state index in [-0.39, 0.29) is 5.91 Å². The highest BCUT2D eigenvalue weighted by molar-refractivity contribution is 5.97. The molecule has 0 aliphatic carbocycles. The molecule has 1 aliphatic heterocycles. The smallest absolute Gasteiger partial charge is 0.251 e. The van der Waals surface area contributed by atoms with E-state index in [9.17, 15) is 9.59 Å². The standard InChI is InChI=1S/C21H30N6O2/c1-15-20(24-13-23-15)16-6-9-27(10-7-16)19-5-4-17(12-18(19)25-14-28)21(29)22-8-11-26(2)3/h4-5,12-14,16H,6-11H2,1-3H3,(H,22,29)(H,23,24)(H,25,28).